The first-order chi connectivity index (χ1) is 14.4. The highest BCUT2D eigenvalue weighted by atomic mass is 28.4. The molecule has 0 aliphatic carbocycles. The number of ketones is 1. The van der Waals surface area contributed by atoms with Gasteiger partial charge in [-0.05, 0) is 43.0 Å². The van der Waals surface area contributed by atoms with E-state index < -0.39 is 14.2 Å². The van der Waals surface area contributed by atoms with Gasteiger partial charge >= 0.3 is 5.97 Å². The fourth-order valence-corrected chi connectivity index (χ4v) is 3.80. The van der Waals surface area contributed by atoms with Gasteiger partial charge in [0.15, 0.2) is 14.1 Å². The number of ether oxygens (including phenoxy) is 1. The lowest BCUT2D eigenvalue weighted by atomic mass is 9.94. The van der Waals surface area contributed by atoms with Gasteiger partial charge in [-0.3, -0.25) is 14.4 Å². The molecule has 176 valence electrons. The van der Waals surface area contributed by atoms with Crippen molar-refractivity contribution in [2.75, 3.05) is 19.8 Å². The second kappa shape index (κ2) is 12.3. The molecule has 0 saturated carbocycles. The van der Waals surface area contributed by atoms with Gasteiger partial charge in [0.25, 0.3) is 0 Å². The van der Waals surface area contributed by atoms with Crippen LogP contribution in [0.3, 0.4) is 0 Å². The molecule has 0 bridgehead atoms. The SMILES string of the molecule is CCCCOC(=O)C(C)CC(=O)C1=C/N(C=O)CCC/C=C\1CO[Si](C)(C)C(C)(C)C. The first-order valence-corrected chi connectivity index (χ1v) is 14.3. The zero-order chi connectivity index (χ0) is 23.7. The smallest absolute Gasteiger partial charge is 0.309 e. The fraction of sp³-hybridized carbons (Fsp3) is 0.708. The minimum atomic E-state index is -2.01. The van der Waals surface area contributed by atoms with E-state index in [4.69, 9.17) is 9.16 Å². The maximum absolute atomic E-state index is 13.2. The van der Waals surface area contributed by atoms with Crippen LogP contribution in [-0.2, 0) is 23.5 Å². The Morgan fingerprint density at radius 3 is 2.55 bits per heavy atom. The number of hydrogen-bond acceptors (Lipinski definition) is 5. The maximum atomic E-state index is 13.2. The van der Waals surface area contributed by atoms with Gasteiger partial charge in [0.2, 0.25) is 6.41 Å². The topological polar surface area (TPSA) is 72.9 Å². The fourth-order valence-electron chi connectivity index (χ4n) is 2.85. The Bertz CT molecular complexity index is 691. The van der Waals surface area contributed by atoms with E-state index in [0.717, 1.165) is 37.7 Å². The summed E-state index contributed by atoms with van der Waals surface area (Å²) < 4.78 is 11.6. The molecule has 1 amide bonds. The van der Waals surface area contributed by atoms with E-state index in [1.165, 1.54) is 4.90 Å². The molecule has 1 unspecified atom stereocenters. The molecule has 0 radical (unpaired) electrons. The third-order valence-electron chi connectivity index (χ3n) is 6.12. The highest BCUT2D eigenvalue weighted by molar-refractivity contribution is 6.74. The molecule has 0 fully saturated rings. The quantitative estimate of drug-likeness (QED) is 0.191. The number of carbonyl (C=O) groups is 3. The molecule has 1 atom stereocenters. The summed E-state index contributed by atoms with van der Waals surface area (Å²) in [6.07, 6.45) is 7.78. The average molecular weight is 452 g/mol. The van der Waals surface area contributed by atoms with Crippen molar-refractivity contribution < 1.29 is 23.5 Å². The van der Waals surface area contributed by atoms with Crippen molar-refractivity contribution in [1.29, 1.82) is 0 Å². The molecule has 1 rings (SSSR count). The van der Waals surface area contributed by atoms with Crippen molar-refractivity contribution in [3.63, 3.8) is 0 Å². The standard InChI is InChI=1S/C24H41NO5Si/c1-8-9-14-29-23(28)19(2)15-22(27)21-16-25(18-26)13-11-10-12-20(21)17-30-31(6,7)24(3,4)5/h12,16,18-19H,8-11,13-15,17H2,1-7H3/b20-12-,21-16+. The normalized spacial score (nSPS) is 19.9. The van der Waals surface area contributed by atoms with Crippen LogP contribution in [0.25, 0.3) is 0 Å². The number of hydrogen-bond donors (Lipinski definition) is 0. The average Bonchev–Trinajstić information content (AvgIpc) is 2.66. The van der Waals surface area contributed by atoms with Crippen LogP contribution < -0.4 is 0 Å². The summed E-state index contributed by atoms with van der Waals surface area (Å²) in [6.45, 7) is 15.9. The summed E-state index contributed by atoms with van der Waals surface area (Å²) in [5, 5.41) is 0.0503. The minimum absolute atomic E-state index is 0.0426. The van der Waals surface area contributed by atoms with Crippen LogP contribution in [0.5, 0.6) is 0 Å². The lowest BCUT2D eigenvalue weighted by Gasteiger charge is -2.36. The van der Waals surface area contributed by atoms with E-state index in [-0.39, 0.29) is 23.2 Å². The molecule has 1 aliphatic heterocycles. The van der Waals surface area contributed by atoms with Crippen molar-refractivity contribution in [3.05, 3.63) is 23.4 Å². The lowest BCUT2D eigenvalue weighted by Crippen LogP contribution is -2.41. The summed E-state index contributed by atoms with van der Waals surface area (Å²) in [7, 11) is -2.01. The summed E-state index contributed by atoms with van der Waals surface area (Å²) in [4.78, 5) is 38.4. The summed E-state index contributed by atoms with van der Waals surface area (Å²) >= 11 is 0. The first kappa shape index (κ1) is 27.3. The molecule has 0 spiro atoms. The van der Waals surface area contributed by atoms with Gasteiger partial charge in [0.05, 0.1) is 19.1 Å². The Hall–Kier alpha value is -1.73. The number of rotatable bonds is 11. The number of unbranched alkanes of at least 4 members (excludes halogenated alkanes) is 1. The molecule has 0 saturated heterocycles. The summed E-state index contributed by atoms with van der Waals surface area (Å²) in [5.41, 5.74) is 1.26. The van der Waals surface area contributed by atoms with E-state index >= 15 is 0 Å². The van der Waals surface area contributed by atoms with Crippen LogP contribution in [0.1, 0.15) is 66.7 Å². The molecule has 0 aromatic heterocycles. The van der Waals surface area contributed by atoms with Crippen LogP contribution in [-0.4, -0.2) is 51.1 Å². The van der Waals surface area contributed by atoms with Gasteiger partial charge in [0, 0.05) is 24.7 Å². The number of amides is 1. The van der Waals surface area contributed by atoms with Crippen LogP contribution in [0, 0.1) is 5.92 Å². The maximum Gasteiger partial charge on any atom is 0.309 e. The minimum Gasteiger partial charge on any atom is -0.465 e. The van der Waals surface area contributed by atoms with Crippen molar-refractivity contribution in [3.8, 4) is 0 Å². The molecule has 0 aromatic carbocycles. The zero-order valence-corrected chi connectivity index (χ0v) is 21.5. The summed E-state index contributed by atoms with van der Waals surface area (Å²) in [5.74, 6) is -1.06. The van der Waals surface area contributed by atoms with E-state index in [0.29, 0.717) is 25.3 Å². The number of carbonyl (C=O) groups excluding carboxylic acids is 3. The molecule has 0 aromatic rings. The number of nitrogens with zero attached hydrogens (tertiary/aromatic N) is 1. The molecule has 6 nitrogen and oxygen atoms in total. The second-order valence-electron chi connectivity index (χ2n) is 9.86. The van der Waals surface area contributed by atoms with Crippen LogP contribution in [0.15, 0.2) is 23.4 Å². The third-order valence-corrected chi connectivity index (χ3v) is 10.6. The molecular formula is C24H41NO5Si. The van der Waals surface area contributed by atoms with E-state index in [2.05, 4.69) is 33.9 Å². The highest BCUT2D eigenvalue weighted by Gasteiger charge is 2.37. The number of Topliss-reactive ketones (excluding diaryl/α,β-unsaturated/α-hetero) is 1. The Morgan fingerprint density at radius 1 is 1.29 bits per heavy atom. The largest absolute Gasteiger partial charge is 0.465 e. The predicted octanol–water partition coefficient (Wildman–Crippen LogP) is 5.01. The van der Waals surface area contributed by atoms with Gasteiger partial charge in [-0.2, -0.15) is 0 Å². The Labute approximate surface area is 189 Å². The Kier molecular flexibility index (Phi) is 10.9. The molecule has 0 N–H and O–H groups in total. The second-order valence-corrected chi connectivity index (χ2v) is 14.7. The van der Waals surface area contributed by atoms with Gasteiger partial charge in [-0.1, -0.05) is 47.1 Å². The zero-order valence-electron chi connectivity index (χ0n) is 20.5. The van der Waals surface area contributed by atoms with E-state index in [1.54, 1.807) is 13.1 Å². The first-order valence-electron chi connectivity index (χ1n) is 11.4. The van der Waals surface area contributed by atoms with Gasteiger partial charge < -0.3 is 14.1 Å². The highest BCUT2D eigenvalue weighted by Crippen LogP contribution is 2.37. The Morgan fingerprint density at radius 2 is 1.97 bits per heavy atom. The molecular weight excluding hydrogens is 410 g/mol. The number of esters is 1. The monoisotopic (exact) mass is 451 g/mol. The van der Waals surface area contributed by atoms with Crippen molar-refractivity contribution >= 4 is 26.5 Å². The lowest BCUT2D eigenvalue weighted by molar-refractivity contribution is -0.149. The van der Waals surface area contributed by atoms with Crippen LogP contribution in [0.4, 0.5) is 0 Å². The van der Waals surface area contributed by atoms with Gasteiger partial charge in [0.1, 0.15) is 0 Å². The van der Waals surface area contributed by atoms with Crippen LogP contribution >= 0.6 is 0 Å². The molecule has 7 heteroatoms. The van der Waals surface area contributed by atoms with Crippen molar-refractivity contribution in [2.45, 2.75) is 84.9 Å². The predicted molar refractivity (Wildman–Crippen MR) is 126 cm³/mol. The van der Waals surface area contributed by atoms with Crippen molar-refractivity contribution in [2.24, 2.45) is 5.92 Å². The Balaban J connectivity index is 3.03. The summed E-state index contributed by atoms with van der Waals surface area (Å²) in [6, 6.07) is 0. The van der Waals surface area contributed by atoms with Crippen LogP contribution in [0.2, 0.25) is 18.1 Å². The molecule has 1 heterocycles. The van der Waals surface area contributed by atoms with Gasteiger partial charge in [-0.25, -0.2) is 0 Å². The molecule has 31 heavy (non-hydrogen) atoms. The van der Waals surface area contributed by atoms with E-state index in [1.807, 2.05) is 13.0 Å². The number of allylic oxidation sites excluding steroid dienone is 1. The molecule has 1 aliphatic rings. The van der Waals surface area contributed by atoms with E-state index in [9.17, 15) is 14.4 Å². The van der Waals surface area contributed by atoms with Crippen molar-refractivity contribution in [1.82, 2.24) is 4.90 Å². The third kappa shape index (κ3) is 8.73. The van der Waals surface area contributed by atoms with Gasteiger partial charge in [-0.15, -0.1) is 0 Å².